The summed E-state index contributed by atoms with van der Waals surface area (Å²) in [5.74, 6) is -0.874. The van der Waals surface area contributed by atoms with Crippen LogP contribution in [0, 0.1) is 19.7 Å². The van der Waals surface area contributed by atoms with Crippen LogP contribution in [-0.2, 0) is 15.8 Å². The standard InChI is InChI=1S/C17H20FNO2S/c1-12-8-9-16(13(2)10-12)14(3)19-22(20,21)11-15-6-4-5-7-17(15)18/h4-10,14,19H,11H2,1-3H3/t14-/m0/s1. The SMILES string of the molecule is Cc1ccc([C@H](C)NS(=O)(=O)Cc2ccccc2F)c(C)c1. The average molecular weight is 321 g/mol. The number of halogens is 1. The second-order valence-electron chi connectivity index (χ2n) is 5.55. The van der Waals surface area contributed by atoms with Crippen molar-refractivity contribution in [2.75, 3.05) is 0 Å². The molecule has 0 radical (unpaired) electrons. The molecule has 2 aromatic rings. The predicted octanol–water partition coefficient (Wildman–Crippen LogP) is 3.62. The Morgan fingerprint density at radius 2 is 1.82 bits per heavy atom. The fourth-order valence-electron chi connectivity index (χ4n) is 2.51. The summed E-state index contributed by atoms with van der Waals surface area (Å²) in [4.78, 5) is 0. The molecule has 0 saturated heterocycles. The smallest absolute Gasteiger partial charge is 0.212 e. The molecule has 0 saturated carbocycles. The number of sulfonamides is 1. The molecule has 0 spiro atoms. The van der Waals surface area contributed by atoms with Crippen LogP contribution in [0.2, 0.25) is 0 Å². The van der Waals surface area contributed by atoms with Crippen LogP contribution in [0.1, 0.15) is 35.2 Å². The van der Waals surface area contributed by atoms with E-state index in [0.29, 0.717) is 0 Å². The molecule has 3 nitrogen and oxygen atoms in total. The Morgan fingerprint density at radius 1 is 1.14 bits per heavy atom. The number of rotatable bonds is 5. The highest BCUT2D eigenvalue weighted by Crippen LogP contribution is 2.20. The van der Waals surface area contributed by atoms with E-state index >= 15 is 0 Å². The molecular formula is C17H20FNO2S. The van der Waals surface area contributed by atoms with E-state index < -0.39 is 15.8 Å². The van der Waals surface area contributed by atoms with Gasteiger partial charge < -0.3 is 0 Å². The van der Waals surface area contributed by atoms with E-state index in [2.05, 4.69) is 4.72 Å². The van der Waals surface area contributed by atoms with Crippen LogP contribution in [0.15, 0.2) is 42.5 Å². The fourth-order valence-corrected chi connectivity index (χ4v) is 3.90. The zero-order chi connectivity index (χ0) is 16.3. The molecule has 0 bridgehead atoms. The van der Waals surface area contributed by atoms with Crippen LogP contribution in [0.4, 0.5) is 4.39 Å². The highest BCUT2D eigenvalue weighted by atomic mass is 32.2. The van der Waals surface area contributed by atoms with Crippen molar-refractivity contribution in [3.05, 3.63) is 70.5 Å². The molecule has 0 aliphatic heterocycles. The number of hydrogen-bond acceptors (Lipinski definition) is 2. The van der Waals surface area contributed by atoms with Crippen LogP contribution in [-0.4, -0.2) is 8.42 Å². The molecule has 0 heterocycles. The average Bonchev–Trinajstić information content (AvgIpc) is 2.40. The summed E-state index contributed by atoms with van der Waals surface area (Å²) >= 11 is 0. The van der Waals surface area contributed by atoms with Crippen molar-refractivity contribution in [1.82, 2.24) is 4.72 Å². The molecule has 0 fully saturated rings. The molecule has 5 heteroatoms. The van der Waals surface area contributed by atoms with Crippen LogP contribution in [0.3, 0.4) is 0 Å². The van der Waals surface area contributed by atoms with Gasteiger partial charge in [-0.05, 0) is 38.0 Å². The lowest BCUT2D eigenvalue weighted by atomic mass is 10.0. The second-order valence-corrected chi connectivity index (χ2v) is 7.30. The van der Waals surface area contributed by atoms with Gasteiger partial charge in [0, 0.05) is 11.6 Å². The highest BCUT2D eigenvalue weighted by molar-refractivity contribution is 7.88. The van der Waals surface area contributed by atoms with E-state index in [-0.39, 0.29) is 17.4 Å². The second kappa shape index (κ2) is 6.58. The molecule has 0 amide bonds. The van der Waals surface area contributed by atoms with Gasteiger partial charge >= 0.3 is 0 Å². The van der Waals surface area contributed by atoms with E-state index in [1.807, 2.05) is 32.0 Å². The summed E-state index contributed by atoms with van der Waals surface area (Å²) in [5.41, 5.74) is 3.24. The lowest BCUT2D eigenvalue weighted by molar-refractivity contribution is 0.561. The van der Waals surface area contributed by atoms with Crippen LogP contribution < -0.4 is 4.72 Å². The molecular weight excluding hydrogens is 301 g/mol. The van der Waals surface area contributed by atoms with Crippen molar-refractivity contribution in [1.29, 1.82) is 0 Å². The zero-order valence-electron chi connectivity index (χ0n) is 12.9. The third kappa shape index (κ3) is 4.15. The maximum Gasteiger partial charge on any atom is 0.216 e. The van der Waals surface area contributed by atoms with Crippen molar-refractivity contribution >= 4 is 10.0 Å². The van der Waals surface area contributed by atoms with Gasteiger partial charge in [0.2, 0.25) is 10.0 Å². The van der Waals surface area contributed by atoms with E-state index in [4.69, 9.17) is 0 Å². The van der Waals surface area contributed by atoms with E-state index in [9.17, 15) is 12.8 Å². The first-order valence-corrected chi connectivity index (χ1v) is 8.74. The number of benzene rings is 2. The molecule has 22 heavy (non-hydrogen) atoms. The molecule has 1 N–H and O–H groups in total. The largest absolute Gasteiger partial charge is 0.216 e. The van der Waals surface area contributed by atoms with Gasteiger partial charge in [-0.2, -0.15) is 0 Å². The first kappa shape index (κ1) is 16.6. The Balaban J connectivity index is 2.16. The number of aryl methyl sites for hydroxylation is 2. The summed E-state index contributed by atoms with van der Waals surface area (Å²) < 4.78 is 40.7. The molecule has 2 rings (SSSR count). The van der Waals surface area contributed by atoms with Crippen molar-refractivity contribution in [3.63, 3.8) is 0 Å². The molecule has 0 aliphatic rings. The van der Waals surface area contributed by atoms with Gasteiger partial charge in [-0.25, -0.2) is 17.5 Å². The van der Waals surface area contributed by atoms with Gasteiger partial charge in [-0.15, -0.1) is 0 Å². The molecule has 118 valence electrons. The molecule has 0 aliphatic carbocycles. The summed E-state index contributed by atoms with van der Waals surface area (Å²) in [6.07, 6.45) is 0. The maximum absolute atomic E-state index is 13.6. The van der Waals surface area contributed by atoms with Gasteiger partial charge in [0.05, 0.1) is 5.75 Å². The number of hydrogen-bond donors (Lipinski definition) is 1. The van der Waals surface area contributed by atoms with Gasteiger partial charge in [-0.1, -0.05) is 42.0 Å². The highest BCUT2D eigenvalue weighted by Gasteiger charge is 2.19. The Labute approximate surface area is 131 Å². The summed E-state index contributed by atoms with van der Waals surface area (Å²) in [7, 11) is -3.62. The topological polar surface area (TPSA) is 46.2 Å². The Kier molecular flexibility index (Phi) is 4.98. The Morgan fingerprint density at radius 3 is 2.45 bits per heavy atom. The van der Waals surface area contributed by atoms with E-state index in [1.54, 1.807) is 13.0 Å². The van der Waals surface area contributed by atoms with Crippen molar-refractivity contribution < 1.29 is 12.8 Å². The summed E-state index contributed by atoms with van der Waals surface area (Å²) in [5, 5.41) is 0. The van der Waals surface area contributed by atoms with Crippen molar-refractivity contribution in [2.45, 2.75) is 32.6 Å². The van der Waals surface area contributed by atoms with Gasteiger partial charge in [0.1, 0.15) is 5.82 Å². The lowest BCUT2D eigenvalue weighted by Gasteiger charge is -2.17. The monoisotopic (exact) mass is 321 g/mol. The summed E-state index contributed by atoms with van der Waals surface area (Å²) in [6, 6.07) is 11.4. The normalized spacial score (nSPS) is 13.1. The molecule has 1 atom stereocenters. The number of nitrogens with one attached hydrogen (secondary N) is 1. The van der Waals surface area contributed by atoms with Gasteiger partial charge in [-0.3, -0.25) is 0 Å². The minimum Gasteiger partial charge on any atom is -0.212 e. The first-order chi connectivity index (χ1) is 10.3. The van der Waals surface area contributed by atoms with Crippen LogP contribution in [0.5, 0.6) is 0 Å². The van der Waals surface area contributed by atoms with Crippen LogP contribution in [0.25, 0.3) is 0 Å². The van der Waals surface area contributed by atoms with Gasteiger partial charge in [0.15, 0.2) is 0 Å². The Bertz CT molecular complexity index is 772. The third-order valence-corrected chi connectivity index (χ3v) is 4.96. The Hall–Kier alpha value is -1.72. The van der Waals surface area contributed by atoms with Crippen molar-refractivity contribution in [3.8, 4) is 0 Å². The minimum atomic E-state index is -3.62. The zero-order valence-corrected chi connectivity index (χ0v) is 13.7. The first-order valence-electron chi connectivity index (χ1n) is 7.09. The van der Waals surface area contributed by atoms with Gasteiger partial charge in [0.25, 0.3) is 0 Å². The fraction of sp³-hybridized carbons (Fsp3) is 0.294. The van der Waals surface area contributed by atoms with Crippen LogP contribution >= 0.6 is 0 Å². The molecule has 2 aromatic carbocycles. The predicted molar refractivity (Wildman–Crippen MR) is 86.5 cm³/mol. The third-order valence-electron chi connectivity index (χ3n) is 3.55. The maximum atomic E-state index is 13.6. The van der Waals surface area contributed by atoms with E-state index in [1.165, 1.54) is 18.2 Å². The minimum absolute atomic E-state index is 0.169. The quantitative estimate of drug-likeness (QED) is 0.914. The molecule has 0 unspecified atom stereocenters. The van der Waals surface area contributed by atoms with E-state index in [0.717, 1.165) is 16.7 Å². The van der Waals surface area contributed by atoms with Crippen molar-refractivity contribution in [2.24, 2.45) is 0 Å². The summed E-state index contributed by atoms with van der Waals surface area (Å²) in [6.45, 7) is 5.73. The molecule has 0 aromatic heterocycles. The lowest BCUT2D eigenvalue weighted by Crippen LogP contribution is -2.28.